The Morgan fingerprint density at radius 1 is 0.725 bits per heavy atom. The summed E-state index contributed by atoms with van der Waals surface area (Å²) in [6.45, 7) is 3.58. The summed E-state index contributed by atoms with van der Waals surface area (Å²) in [6, 6.07) is 19.7. The maximum Gasteiger partial charge on any atom is 0.228 e. The van der Waals surface area contributed by atoms with E-state index >= 15 is 0 Å². The number of amides is 1. The van der Waals surface area contributed by atoms with E-state index in [1.165, 1.54) is 64.2 Å². The Morgan fingerprint density at radius 3 is 2.02 bits per heavy atom. The highest BCUT2D eigenvalue weighted by molar-refractivity contribution is 5.93. The fourth-order valence-corrected chi connectivity index (χ4v) is 5.03. The molecule has 0 atom stereocenters. The Labute approximate surface area is 241 Å². The summed E-state index contributed by atoms with van der Waals surface area (Å²) in [6.07, 6.45) is 20.0. The molecule has 3 aromatic rings. The van der Waals surface area contributed by atoms with Gasteiger partial charge in [-0.25, -0.2) is 4.57 Å². The van der Waals surface area contributed by atoms with Crippen molar-refractivity contribution in [3.05, 3.63) is 84.2 Å². The monoisotopic (exact) mass is 545 g/mol. The minimum absolute atomic E-state index is 0.0750. The van der Waals surface area contributed by atoms with Gasteiger partial charge in [-0.2, -0.15) is 0 Å². The van der Waals surface area contributed by atoms with Crippen LogP contribution < -0.4 is 19.4 Å². The quantitative estimate of drug-likeness (QED) is 0.115. The zero-order valence-corrected chi connectivity index (χ0v) is 24.7. The molecule has 0 aliphatic heterocycles. The molecule has 3 rings (SSSR count). The average molecular weight is 546 g/mol. The number of carbonyl (C=O) groups excluding carboxylic acids is 1. The van der Waals surface area contributed by atoms with Gasteiger partial charge in [-0.05, 0) is 18.6 Å². The van der Waals surface area contributed by atoms with Crippen LogP contribution in [-0.4, -0.2) is 19.6 Å². The van der Waals surface area contributed by atoms with Crippen molar-refractivity contribution < 1.29 is 18.8 Å². The number of nitrogens with one attached hydrogen (secondary N) is 1. The summed E-state index contributed by atoms with van der Waals surface area (Å²) >= 11 is 0. The van der Waals surface area contributed by atoms with Crippen molar-refractivity contribution in [1.29, 1.82) is 0 Å². The fourth-order valence-electron chi connectivity index (χ4n) is 5.03. The highest BCUT2D eigenvalue weighted by Crippen LogP contribution is 2.32. The van der Waals surface area contributed by atoms with Gasteiger partial charge in [0.05, 0.1) is 25.8 Å². The largest absolute Gasteiger partial charge is 0.493 e. The maximum atomic E-state index is 13.1. The Morgan fingerprint density at radius 2 is 1.35 bits per heavy atom. The molecular formula is C35H49N2O3+. The molecule has 0 bridgehead atoms. The summed E-state index contributed by atoms with van der Waals surface area (Å²) in [5.74, 6) is 1.27. The van der Waals surface area contributed by atoms with Crippen LogP contribution in [0.3, 0.4) is 0 Å². The van der Waals surface area contributed by atoms with Crippen LogP contribution in [0.5, 0.6) is 11.5 Å². The van der Waals surface area contributed by atoms with Crippen molar-refractivity contribution in [3.63, 3.8) is 0 Å². The van der Waals surface area contributed by atoms with Crippen LogP contribution in [-0.2, 0) is 17.8 Å². The number of nitrogens with zero attached hydrogens (tertiary/aromatic N) is 1. The van der Waals surface area contributed by atoms with Gasteiger partial charge < -0.3 is 14.8 Å². The number of benzene rings is 2. The number of ether oxygens (including phenoxy) is 2. The molecule has 1 N–H and O–H groups in total. The van der Waals surface area contributed by atoms with Crippen LogP contribution in [0.4, 0.5) is 5.69 Å². The highest BCUT2D eigenvalue weighted by Gasteiger charge is 2.16. The number of anilines is 1. The second-order valence-corrected chi connectivity index (χ2v) is 10.6. The zero-order valence-electron chi connectivity index (χ0n) is 24.7. The standard InChI is InChI=1S/C35H48N2O3/c1-3-4-5-6-7-8-9-10-11-12-13-19-27-40-35-30(22-20-24-33(35)39-2)28-34(38)36-32-23-16-15-21-31(32)29-37-25-17-14-18-26-37/h14-18,20-26H,3-13,19,27-29H2,1-2H3/p+1. The molecule has 0 unspecified atom stereocenters. The molecule has 0 aliphatic rings. The molecule has 40 heavy (non-hydrogen) atoms. The van der Waals surface area contributed by atoms with Crippen molar-refractivity contribution in [3.8, 4) is 11.5 Å². The summed E-state index contributed by atoms with van der Waals surface area (Å²) in [7, 11) is 1.65. The van der Waals surface area contributed by atoms with Crippen molar-refractivity contribution in [2.75, 3.05) is 19.0 Å². The third-order valence-electron chi connectivity index (χ3n) is 7.30. The Bertz CT molecular complexity index is 1120. The lowest BCUT2D eigenvalue weighted by atomic mass is 10.1. The third-order valence-corrected chi connectivity index (χ3v) is 7.30. The van der Waals surface area contributed by atoms with Gasteiger partial charge in [0.25, 0.3) is 0 Å². The average Bonchev–Trinajstić information content (AvgIpc) is 2.97. The lowest BCUT2D eigenvalue weighted by Crippen LogP contribution is -2.33. The van der Waals surface area contributed by atoms with Gasteiger partial charge in [-0.1, -0.05) is 114 Å². The second kappa shape index (κ2) is 18.9. The van der Waals surface area contributed by atoms with Crippen LogP contribution >= 0.6 is 0 Å². The first-order valence-corrected chi connectivity index (χ1v) is 15.3. The normalized spacial score (nSPS) is 10.8. The minimum atomic E-state index is -0.0750. The number of pyridine rings is 1. The molecule has 0 saturated carbocycles. The van der Waals surface area contributed by atoms with Crippen LogP contribution in [0.15, 0.2) is 73.1 Å². The minimum Gasteiger partial charge on any atom is -0.493 e. The number of aromatic nitrogens is 1. The van der Waals surface area contributed by atoms with Gasteiger partial charge in [-0.3, -0.25) is 4.79 Å². The molecule has 0 fully saturated rings. The summed E-state index contributed by atoms with van der Waals surface area (Å²) in [4.78, 5) is 13.1. The van der Waals surface area contributed by atoms with Gasteiger partial charge in [-0.15, -0.1) is 0 Å². The van der Waals surface area contributed by atoms with Gasteiger partial charge in [0.15, 0.2) is 30.4 Å². The van der Waals surface area contributed by atoms with Gasteiger partial charge in [0.2, 0.25) is 5.91 Å². The summed E-state index contributed by atoms with van der Waals surface area (Å²) in [5.41, 5.74) is 2.72. The number of methoxy groups -OCH3 is 1. The Balaban J connectivity index is 1.44. The fraction of sp³-hybridized carbons (Fsp3) is 0.486. The van der Waals surface area contributed by atoms with E-state index in [2.05, 4.69) is 16.8 Å². The number of para-hydroxylation sites is 2. The molecule has 5 nitrogen and oxygen atoms in total. The number of rotatable bonds is 20. The Kier molecular flexibility index (Phi) is 14.7. The van der Waals surface area contributed by atoms with E-state index in [0.29, 0.717) is 24.7 Å². The lowest BCUT2D eigenvalue weighted by Gasteiger charge is -2.15. The van der Waals surface area contributed by atoms with Crippen LogP contribution in [0.2, 0.25) is 0 Å². The number of carbonyl (C=O) groups is 1. The summed E-state index contributed by atoms with van der Waals surface area (Å²) in [5, 5.41) is 3.11. The van der Waals surface area contributed by atoms with E-state index in [1.807, 2.05) is 73.1 Å². The van der Waals surface area contributed by atoms with Crippen molar-refractivity contribution >= 4 is 11.6 Å². The first-order chi connectivity index (χ1) is 19.7. The molecular weight excluding hydrogens is 496 g/mol. The smallest absolute Gasteiger partial charge is 0.228 e. The van der Waals surface area contributed by atoms with Crippen LogP contribution in [0.1, 0.15) is 95.1 Å². The highest BCUT2D eigenvalue weighted by atomic mass is 16.5. The van der Waals surface area contributed by atoms with Crippen LogP contribution in [0.25, 0.3) is 0 Å². The molecule has 1 amide bonds. The number of hydrogen-bond donors (Lipinski definition) is 1. The topological polar surface area (TPSA) is 51.4 Å². The lowest BCUT2D eigenvalue weighted by molar-refractivity contribution is -0.688. The van der Waals surface area contributed by atoms with E-state index in [1.54, 1.807) is 7.11 Å². The van der Waals surface area contributed by atoms with Gasteiger partial charge in [0.1, 0.15) is 0 Å². The molecule has 1 aromatic heterocycles. The van der Waals surface area contributed by atoms with E-state index in [0.717, 1.165) is 29.7 Å². The molecule has 0 aliphatic carbocycles. The predicted molar refractivity (Wildman–Crippen MR) is 164 cm³/mol. The van der Waals surface area contributed by atoms with Crippen molar-refractivity contribution in [2.24, 2.45) is 0 Å². The molecule has 0 saturated heterocycles. The molecule has 0 radical (unpaired) electrons. The van der Waals surface area contributed by atoms with E-state index < -0.39 is 0 Å². The van der Waals surface area contributed by atoms with E-state index in [-0.39, 0.29) is 12.3 Å². The van der Waals surface area contributed by atoms with E-state index in [9.17, 15) is 4.79 Å². The van der Waals surface area contributed by atoms with Gasteiger partial charge in [0, 0.05) is 23.3 Å². The first-order valence-electron chi connectivity index (χ1n) is 15.3. The van der Waals surface area contributed by atoms with Crippen molar-refractivity contribution in [1.82, 2.24) is 0 Å². The number of hydrogen-bond acceptors (Lipinski definition) is 3. The zero-order chi connectivity index (χ0) is 28.3. The summed E-state index contributed by atoms with van der Waals surface area (Å²) < 4.78 is 13.9. The predicted octanol–water partition coefficient (Wildman–Crippen LogP) is 8.29. The van der Waals surface area contributed by atoms with Crippen LogP contribution in [0, 0.1) is 0 Å². The van der Waals surface area contributed by atoms with E-state index in [4.69, 9.17) is 9.47 Å². The maximum absolute atomic E-state index is 13.1. The molecule has 1 heterocycles. The Hall–Kier alpha value is -3.34. The molecule has 0 spiro atoms. The number of unbranched alkanes of at least 4 members (excludes halogenated alkanes) is 11. The second-order valence-electron chi connectivity index (χ2n) is 10.6. The van der Waals surface area contributed by atoms with Gasteiger partial charge >= 0.3 is 0 Å². The molecule has 216 valence electrons. The third kappa shape index (κ3) is 11.4. The van der Waals surface area contributed by atoms with Crippen molar-refractivity contribution in [2.45, 2.75) is 96.9 Å². The molecule has 5 heteroatoms. The SMILES string of the molecule is CCCCCCCCCCCCCCOc1c(CC(=O)Nc2ccccc2C[n+]2ccccc2)cccc1OC. The first kappa shape index (κ1) is 31.2. The molecule has 2 aromatic carbocycles.